The van der Waals surface area contributed by atoms with Crippen LogP contribution >= 0.6 is 0 Å². The maximum absolute atomic E-state index is 11.2. The Morgan fingerprint density at radius 2 is 1.91 bits per heavy atom. The lowest BCUT2D eigenvalue weighted by Gasteiger charge is -1.94. The number of ketones is 1. The van der Waals surface area contributed by atoms with Crippen molar-refractivity contribution in [3.8, 4) is 0 Å². The number of rotatable bonds is 9. The van der Waals surface area contributed by atoms with Crippen molar-refractivity contribution in [3.63, 3.8) is 0 Å². The summed E-state index contributed by atoms with van der Waals surface area (Å²) in [7, 11) is 0. The van der Waals surface area contributed by atoms with Gasteiger partial charge in [0.1, 0.15) is 0 Å². The third kappa shape index (κ3) is 13.5. The highest BCUT2D eigenvalue weighted by molar-refractivity contribution is 6.06. The number of aliphatic carboxylic acids is 1. The first-order valence-electron chi connectivity index (χ1n) is 8.49. The quantitative estimate of drug-likeness (QED) is 0.352. The van der Waals surface area contributed by atoms with Crippen LogP contribution in [-0.4, -0.2) is 16.9 Å². The summed E-state index contributed by atoms with van der Waals surface area (Å²) in [6.07, 6.45) is 21.2. The molecule has 0 spiro atoms. The monoisotopic (exact) mass is 318 g/mol. The van der Waals surface area contributed by atoms with E-state index in [9.17, 15) is 9.59 Å². The second kappa shape index (κ2) is 15.0. The van der Waals surface area contributed by atoms with Gasteiger partial charge in [0.05, 0.1) is 0 Å². The number of carboxylic acid groups (broad SMARTS) is 1. The summed E-state index contributed by atoms with van der Waals surface area (Å²) < 4.78 is 0. The van der Waals surface area contributed by atoms with Crippen LogP contribution in [0.1, 0.15) is 65.2 Å². The Morgan fingerprint density at radius 3 is 2.48 bits per heavy atom. The van der Waals surface area contributed by atoms with Crippen molar-refractivity contribution < 1.29 is 14.7 Å². The molecule has 1 aliphatic carbocycles. The molecule has 1 rings (SSSR count). The summed E-state index contributed by atoms with van der Waals surface area (Å²) in [5.41, 5.74) is 0.976. The fourth-order valence-corrected chi connectivity index (χ4v) is 2.02. The Hall–Kier alpha value is -1.90. The zero-order valence-corrected chi connectivity index (χ0v) is 14.5. The van der Waals surface area contributed by atoms with Gasteiger partial charge in [0.2, 0.25) is 0 Å². The molecule has 3 heteroatoms. The topological polar surface area (TPSA) is 54.4 Å². The number of carbonyl (C=O) groups excluding carboxylic acids is 1. The predicted molar refractivity (Wildman–Crippen MR) is 96.4 cm³/mol. The molecule has 0 aliphatic heterocycles. The molecule has 1 N–H and O–H groups in total. The van der Waals surface area contributed by atoms with Crippen molar-refractivity contribution in [1.82, 2.24) is 0 Å². The zero-order valence-electron chi connectivity index (χ0n) is 14.5. The smallest absolute Gasteiger partial charge is 0.303 e. The average molecular weight is 318 g/mol. The summed E-state index contributed by atoms with van der Waals surface area (Å²) in [5, 5.41) is 8.19. The van der Waals surface area contributed by atoms with Gasteiger partial charge in [-0.15, -0.1) is 0 Å². The van der Waals surface area contributed by atoms with Gasteiger partial charge in [-0.2, -0.15) is 0 Å². The minimum Gasteiger partial charge on any atom is -0.481 e. The third-order valence-corrected chi connectivity index (χ3v) is 3.29. The summed E-state index contributed by atoms with van der Waals surface area (Å²) in [6, 6.07) is 0. The van der Waals surface area contributed by atoms with E-state index in [1.54, 1.807) is 6.08 Å². The van der Waals surface area contributed by atoms with E-state index in [0.717, 1.165) is 50.5 Å². The third-order valence-electron chi connectivity index (χ3n) is 3.29. The van der Waals surface area contributed by atoms with Crippen LogP contribution in [0.5, 0.6) is 0 Å². The minimum atomic E-state index is -0.709. The van der Waals surface area contributed by atoms with Gasteiger partial charge < -0.3 is 5.11 Å². The van der Waals surface area contributed by atoms with Crippen LogP contribution in [0.15, 0.2) is 48.1 Å². The Morgan fingerprint density at radius 1 is 1.17 bits per heavy atom. The predicted octanol–water partition coefficient (Wildman–Crippen LogP) is 5.40. The highest BCUT2D eigenvalue weighted by Crippen LogP contribution is 2.14. The van der Waals surface area contributed by atoms with Gasteiger partial charge in [0.25, 0.3) is 0 Å². The average Bonchev–Trinajstić information content (AvgIpc) is 2.93. The molecule has 0 radical (unpaired) electrons. The molecule has 3 nitrogen and oxygen atoms in total. The maximum Gasteiger partial charge on any atom is 0.303 e. The van der Waals surface area contributed by atoms with Crippen molar-refractivity contribution in [2.24, 2.45) is 0 Å². The molecule has 128 valence electrons. The first-order valence-corrected chi connectivity index (χ1v) is 8.49. The van der Waals surface area contributed by atoms with Crippen LogP contribution in [-0.2, 0) is 9.59 Å². The molecule has 0 unspecified atom stereocenters. The van der Waals surface area contributed by atoms with Crippen LogP contribution in [0, 0.1) is 0 Å². The van der Waals surface area contributed by atoms with Crippen molar-refractivity contribution >= 4 is 11.8 Å². The summed E-state index contributed by atoms with van der Waals surface area (Å²) in [5.74, 6) is -0.506. The Labute approximate surface area is 140 Å². The number of unbranched alkanes of at least 4 members (excludes halogenated alkanes) is 3. The molecule has 0 aromatic carbocycles. The van der Waals surface area contributed by atoms with Crippen LogP contribution < -0.4 is 0 Å². The number of carboxylic acids is 1. The molecule has 0 bridgehead atoms. The lowest BCUT2D eigenvalue weighted by atomic mass is 10.1. The second-order valence-corrected chi connectivity index (χ2v) is 5.37. The fraction of sp³-hybridized carbons (Fsp3) is 0.500. The number of carbonyl (C=O) groups is 2. The van der Waals surface area contributed by atoms with Gasteiger partial charge in [0.15, 0.2) is 5.78 Å². The Kier molecular flexibility index (Phi) is 13.8. The molecule has 0 heterocycles. The van der Waals surface area contributed by atoms with Crippen molar-refractivity contribution in [2.75, 3.05) is 0 Å². The van der Waals surface area contributed by atoms with E-state index in [-0.39, 0.29) is 12.2 Å². The Balaban J connectivity index is 0.000000468. The normalized spacial score (nSPS) is 15.6. The minimum absolute atomic E-state index is 0.203. The van der Waals surface area contributed by atoms with Gasteiger partial charge in [0, 0.05) is 6.42 Å². The van der Waals surface area contributed by atoms with E-state index in [1.807, 2.05) is 25.2 Å². The summed E-state index contributed by atoms with van der Waals surface area (Å²) in [4.78, 5) is 21.1. The standard InChI is InChI=1S/C13H18O.C7H12O2/c1-2-3-4-5-6-7-9-12-10-8-11-13(12)14;1-2-3-4-5-6-7(8)9/h3-4,8-9,11H,2,5-7,10H2,1H3;2-3H,4-6H2,1H3,(H,8,9)/b4-3-,12-9+;3-2-. The van der Waals surface area contributed by atoms with E-state index in [0.29, 0.717) is 0 Å². The lowest BCUT2D eigenvalue weighted by molar-refractivity contribution is -0.137. The first-order chi connectivity index (χ1) is 11.1. The van der Waals surface area contributed by atoms with Crippen LogP contribution in [0.4, 0.5) is 0 Å². The molecule has 23 heavy (non-hydrogen) atoms. The molecular weight excluding hydrogens is 288 g/mol. The van der Waals surface area contributed by atoms with Crippen LogP contribution in [0.2, 0.25) is 0 Å². The lowest BCUT2D eigenvalue weighted by Crippen LogP contribution is -1.92. The van der Waals surface area contributed by atoms with E-state index >= 15 is 0 Å². The van der Waals surface area contributed by atoms with Crippen LogP contribution in [0.25, 0.3) is 0 Å². The van der Waals surface area contributed by atoms with Crippen molar-refractivity contribution in [2.45, 2.75) is 65.2 Å². The van der Waals surface area contributed by atoms with Gasteiger partial charge in [-0.25, -0.2) is 0 Å². The molecular formula is C20H30O3. The summed E-state index contributed by atoms with van der Waals surface area (Å²) >= 11 is 0. The Bertz CT molecular complexity index is 454. The van der Waals surface area contributed by atoms with Crippen molar-refractivity contribution in [3.05, 3.63) is 48.1 Å². The van der Waals surface area contributed by atoms with Gasteiger partial charge in [-0.3, -0.25) is 9.59 Å². The highest BCUT2D eigenvalue weighted by atomic mass is 16.4. The van der Waals surface area contributed by atoms with E-state index in [1.165, 1.54) is 0 Å². The molecule has 0 amide bonds. The van der Waals surface area contributed by atoms with E-state index in [2.05, 4.69) is 25.2 Å². The molecule has 0 saturated heterocycles. The molecule has 0 aromatic heterocycles. The number of hydrogen-bond donors (Lipinski definition) is 1. The molecule has 0 saturated carbocycles. The summed E-state index contributed by atoms with van der Waals surface area (Å²) in [6.45, 7) is 4.07. The van der Waals surface area contributed by atoms with Gasteiger partial charge in [-0.05, 0) is 63.5 Å². The van der Waals surface area contributed by atoms with Crippen LogP contribution in [0.3, 0.4) is 0 Å². The fourth-order valence-electron chi connectivity index (χ4n) is 2.02. The zero-order chi connectivity index (χ0) is 17.3. The SMILES string of the molecule is C/C=C\CCCC(=O)O.CC/C=C\CCC/C=C1\CC=CC1=O. The molecule has 0 fully saturated rings. The number of hydrogen-bond acceptors (Lipinski definition) is 2. The number of allylic oxidation sites excluding steroid dienone is 8. The first kappa shape index (κ1) is 21.1. The second-order valence-electron chi connectivity index (χ2n) is 5.37. The molecule has 0 atom stereocenters. The van der Waals surface area contributed by atoms with Crippen molar-refractivity contribution in [1.29, 1.82) is 0 Å². The maximum atomic E-state index is 11.2. The molecule has 1 aliphatic rings. The van der Waals surface area contributed by atoms with Gasteiger partial charge in [-0.1, -0.05) is 43.4 Å². The van der Waals surface area contributed by atoms with Gasteiger partial charge >= 0.3 is 5.97 Å². The van der Waals surface area contributed by atoms with E-state index in [4.69, 9.17) is 5.11 Å². The van der Waals surface area contributed by atoms with E-state index < -0.39 is 5.97 Å². The highest BCUT2D eigenvalue weighted by Gasteiger charge is 2.08. The largest absolute Gasteiger partial charge is 0.481 e. The molecule has 0 aromatic rings.